The van der Waals surface area contributed by atoms with Crippen LogP contribution in [0.25, 0.3) is 5.57 Å². The first kappa shape index (κ1) is 13.0. The minimum atomic E-state index is -0.530. The fourth-order valence-corrected chi connectivity index (χ4v) is 2.90. The van der Waals surface area contributed by atoms with Gasteiger partial charge in [-0.1, -0.05) is 0 Å². The highest BCUT2D eigenvalue weighted by Crippen LogP contribution is 2.31. The molecular weight excluding hydrogens is 250 g/mol. The summed E-state index contributed by atoms with van der Waals surface area (Å²) in [7, 11) is 0. The molecule has 0 amide bonds. The number of hydrogen-bond donors (Lipinski definition) is 3. The summed E-state index contributed by atoms with van der Waals surface area (Å²) in [4.78, 5) is 7.12. The van der Waals surface area contributed by atoms with Gasteiger partial charge < -0.3 is 15.1 Å². The molecule has 0 aliphatic carbocycles. The number of aliphatic hydroxyl groups excluding tert-OH is 2. The molecule has 0 fully saturated rings. The highest BCUT2D eigenvalue weighted by atomic mass is 32.1. The molecule has 0 aromatic carbocycles. The van der Waals surface area contributed by atoms with Crippen molar-refractivity contribution in [2.24, 2.45) is 0 Å². The lowest BCUT2D eigenvalue weighted by Gasteiger charge is -2.19. The van der Waals surface area contributed by atoms with Crippen LogP contribution in [0.1, 0.15) is 22.5 Å². The van der Waals surface area contributed by atoms with Crippen molar-refractivity contribution in [2.45, 2.75) is 26.9 Å². The molecule has 0 unspecified atom stereocenters. The van der Waals surface area contributed by atoms with Crippen LogP contribution in [0, 0.1) is 19.3 Å². The number of β-amino-alcohol motifs (C(OH)–C–C–N with tert-alkyl or cyclic N) is 1. The second-order valence-electron chi connectivity index (χ2n) is 4.56. The zero-order valence-electron chi connectivity index (χ0n) is 10.7. The lowest BCUT2D eigenvalue weighted by Crippen LogP contribution is -2.33. The van der Waals surface area contributed by atoms with Crippen LogP contribution in [0.2, 0.25) is 0 Å². The van der Waals surface area contributed by atoms with Gasteiger partial charge in [-0.05, 0) is 20.8 Å². The van der Waals surface area contributed by atoms with E-state index < -0.39 is 6.10 Å². The largest absolute Gasteiger partial charge is 0.510 e. The average molecular weight is 267 g/mol. The maximum absolute atomic E-state index is 9.98. The van der Waals surface area contributed by atoms with Crippen LogP contribution in [-0.4, -0.2) is 45.1 Å². The molecule has 1 aromatic rings. The van der Waals surface area contributed by atoms with Gasteiger partial charge in [-0.25, -0.2) is 4.98 Å². The Morgan fingerprint density at radius 2 is 2.17 bits per heavy atom. The SMILES string of the molecule is Cc1nc(C2=C(O)CN(C[C@@H](C)O)C2=N)sc1C. The fourth-order valence-electron chi connectivity index (χ4n) is 1.91. The summed E-state index contributed by atoms with van der Waals surface area (Å²) < 4.78 is 0. The topological polar surface area (TPSA) is 80.4 Å². The summed E-state index contributed by atoms with van der Waals surface area (Å²) in [5, 5.41) is 28.1. The van der Waals surface area contributed by atoms with Gasteiger partial charge in [0.05, 0.1) is 23.9 Å². The monoisotopic (exact) mass is 267 g/mol. The number of amidine groups is 1. The van der Waals surface area contributed by atoms with Gasteiger partial charge in [-0.15, -0.1) is 11.3 Å². The van der Waals surface area contributed by atoms with E-state index in [1.54, 1.807) is 11.8 Å². The number of nitrogens with one attached hydrogen (secondary N) is 1. The summed E-state index contributed by atoms with van der Waals surface area (Å²) >= 11 is 1.48. The molecule has 1 atom stereocenters. The number of thiazole rings is 1. The van der Waals surface area contributed by atoms with Gasteiger partial charge in [0, 0.05) is 11.4 Å². The fraction of sp³-hybridized carbons (Fsp3) is 0.500. The maximum atomic E-state index is 9.98. The van der Waals surface area contributed by atoms with E-state index in [0.717, 1.165) is 10.6 Å². The normalized spacial score (nSPS) is 17.8. The van der Waals surface area contributed by atoms with Gasteiger partial charge in [-0.2, -0.15) is 0 Å². The number of nitrogens with zero attached hydrogens (tertiary/aromatic N) is 2. The van der Waals surface area contributed by atoms with Crippen molar-refractivity contribution in [3.8, 4) is 0 Å². The lowest BCUT2D eigenvalue weighted by molar-refractivity contribution is 0.160. The van der Waals surface area contributed by atoms with Gasteiger partial charge in [0.1, 0.15) is 16.6 Å². The second kappa shape index (κ2) is 4.70. The molecule has 6 heteroatoms. The highest BCUT2D eigenvalue weighted by molar-refractivity contribution is 7.13. The second-order valence-corrected chi connectivity index (χ2v) is 5.76. The zero-order chi connectivity index (χ0) is 13.4. The molecule has 2 rings (SSSR count). The molecule has 5 nitrogen and oxygen atoms in total. The predicted octanol–water partition coefficient (Wildman–Crippen LogP) is 1.70. The Morgan fingerprint density at radius 3 is 2.67 bits per heavy atom. The molecule has 2 heterocycles. The van der Waals surface area contributed by atoms with Crippen molar-refractivity contribution < 1.29 is 10.2 Å². The summed E-state index contributed by atoms with van der Waals surface area (Å²) in [5.41, 5.74) is 1.42. The Morgan fingerprint density at radius 1 is 1.50 bits per heavy atom. The van der Waals surface area contributed by atoms with Gasteiger partial charge >= 0.3 is 0 Å². The van der Waals surface area contributed by atoms with E-state index in [1.807, 2.05) is 13.8 Å². The van der Waals surface area contributed by atoms with E-state index in [9.17, 15) is 10.2 Å². The summed E-state index contributed by atoms with van der Waals surface area (Å²) in [6, 6.07) is 0. The molecule has 98 valence electrons. The quantitative estimate of drug-likeness (QED) is 0.778. The number of aryl methyl sites for hydroxylation is 2. The third kappa shape index (κ3) is 2.26. The Balaban J connectivity index is 2.28. The Hall–Kier alpha value is -1.40. The molecule has 0 saturated heterocycles. The molecule has 1 aliphatic heterocycles. The van der Waals surface area contributed by atoms with Crippen LogP contribution < -0.4 is 0 Å². The van der Waals surface area contributed by atoms with Crippen LogP contribution >= 0.6 is 11.3 Å². The van der Waals surface area contributed by atoms with Crippen molar-refractivity contribution in [3.05, 3.63) is 21.3 Å². The van der Waals surface area contributed by atoms with Crippen LogP contribution in [0.4, 0.5) is 0 Å². The standard InChI is InChI=1S/C12H17N3O2S/c1-6(16)4-15-5-9(17)10(11(15)13)12-14-7(2)8(3)18-12/h6,13,16-17H,4-5H2,1-3H3/t6-/m1/s1. The highest BCUT2D eigenvalue weighted by Gasteiger charge is 2.30. The minimum Gasteiger partial charge on any atom is -0.510 e. The molecule has 0 saturated carbocycles. The number of rotatable bonds is 3. The molecule has 18 heavy (non-hydrogen) atoms. The number of hydrogen-bond acceptors (Lipinski definition) is 5. The molecule has 0 spiro atoms. The molecule has 0 bridgehead atoms. The molecule has 1 aromatic heterocycles. The van der Waals surface area contributed by atoms with E-state index >= 15 is 0 Å². The summed E-state index contributed by atoms with van der Waals surface area (Å²) in [6.45, 7) is 6.17. The Bertz CT molecular complexity index is 500. The third-order valence-corrected chi connectivity index (χ3v) is 4.00. The Labute approximate surface area is 110 Å². The van der Waals surface area contributed by atoms with E-state index in [0.29, 0.717) is 17.1 Å². The van der Waals surface area contributed by atoms with Crippen molar-refractivity contribution in [2.75, 3.05) is 13.1 Å². The van der Waals surface area contributed by atoms with E-state index in [-0.39, 0.29) is 18.1 Å². The van der Waals surface area contributed by atoms with Gasteiger partial charge in [0.2, 0.25) is 0 Å². The maximum Gasteiger partial charge on any atom is 0.135 e. The first-order valence-electron chi connectivity index (χ1n) is 5.78. The summed E-state index contributed by atoms with van der Waals surface area (Å²) in [5.74, 6) is 0.400. The minimum absolute atomic E-state index is 0.161. The van der Waals surface area contributed by atoms with E-state index in [4.69, 9.17) is 5.41 Å². The average Bonchev–Trinajstić information content (AvgIpc) is 2.69. The zero-order valence-corrected chi connectivity index (χ0v) is 11.5. The molecule has 1 aliphatic rings. The molecule has 0 radical (unpaired) electrons. The third-order valence-electron chi connectivity index (χ3n) is 2.91. The van der Waals surface area contributed by atoms with Gasteiger partial charge in [-0.3, -0.25) is 5.41 Å². The molecular formula is C12H17N3O2S. The van der Waals surface area contributed by atoms with Gasteiger partial charge in [0.25, 0.3) is 0 Å². The first-order chi connectivity index (χ1) is 8.40. The smallest absolute Gasteiger partial charge is 0.135 e. The van der Waals surface area contributed by atoms with Crippen molar-refractivity contribution in [3.63, 3.8) is 0 Å². The van der Waals surface area contributed by atoms with E-state index in [2.05, 4.69) is 4.98 Å². The lowest BCUT2D eigenvalue weighted by atomic mass is 10.2. The number of aromatic nitrogens is 1. The van der Waals surface area contributed by atoms with Crippen LogP contribution in [0.5, 0.6) is 0 Å². The van der Waals surface area contributed by atoms with Crippen LogP contribution in [0.15, 0.2) is 5.76 Å². The van der Waals surface area contributed by atoms with Crippen molar-refractivity contribution >= 4 is 22.7 Å². The first-order valence-corrected chi connectivity index (χ1v) is 6.60. The Kier molecular flexibility index (Phi) is 3.41. The van der Waals surface area contributed by atoms with Crippen molar-refractivity contribution in [1.82, 2.24) is 9.88 Å². The predicted molar refractivity (Wildman–Crippen MR) is 72.1 cm³/mol. The van der Waals surface area contributed by atoms with Crippen molar-refractivity contribution in [1.29, 1.82) is 5.41 Å². The van der Waals surface area contributed by atoms with E-state index in [1.165, 1.54) is 11.3 Å². The van der Waals surface area contributed by atoms with Crippen LogP contribution in [-0.2, 0) is 0 Å². The van der Waals surface area contributed by atoms with Crippen LogP contribution in [0.3, 0.4) is 0 Å². The number of aliphatic hydroxyl groups is 2. The summed E-state index contributed by atoms with van der Waals surface area (Å²) in [6.07, 6.45) is -0.530. The molecule has 3 N–H and O–H groups in total. The van der Waals surface area contributed by atoms with Gasteiger partial charge in [0.15, 0.2) is 0 Å².